The van der Waals surface area contributed by atoms with Crippen LogP contribution in [-0.2, 0) is 0 Å². The average Bonchev–Trinajstić information content (AvgIpc) is 2.75. The number of likely N-dealkylation sites (N-methyl/N-ethyl adjacent to an activating group) is 1. The topological polar surface area (TPSA) is 18.5 Å². The minimum absolute atomic E-state index is 0.611. The van der Waals surface area contributed by atoms with E-state index in [1.807, 2.05) is 0 Å². The van der Waals surface area contributed by atoms with Crippen molar-refractivity contribution in [2.75, 3.05) is 39.3 Å². The first kappa shape index (κ1) is 14.9. The van der Waals surface area contributed by atoms with E-state index >= 15 is 0 Å². The molecule has 1 unspecified atom stereocenters. The summed E-state index contributed by atoms with van der Waals surface area (Å²) in [5, 5.41) is 3.58. The highest BCUT2D eigenvalue weighted by molar-refractivity contribution is 4.82. The first-order valence-electron chi connectivity index (χ1n) is 7.37. The van der Waals surface area contributed by atoms with E-state index in [9.17, 15) is 0 Å². The molecule has 1 fully saturated rings. The maximum Gasteiger partial charge on any atom is 0.0221 e. The summed E-state index contributed by atoms with van der Waals surface area (Å²) in [6.45, 7) is 16.3. The standard InChI is InChI=1S/C14H31N3/c1-5-16(6-2)10-11-17-9-7-8-14(17)12-15-13(3)4/h13-15H,5-12H2,1-4H3. The van der Waals surface area contributed by atoms with Crippen molar-refractivity contribution < 1.29 is 0 Å². The van der Waals surface area contributed by atoms with Gasteiger partial charge in [-0.2, -0.15) is 0 Å². The Morgan fingerprint density at radius 1 is 1.29 bits per heavy atom. The molecule has 1 aliphatic heterocycles. The van der Waals surface area contributed by atoms with Gasteiger partial charge in [0.2, 0.25) is 0 Å². The molecule has 0 saturated carbocycles. The lowest BCUT2D eigenvalue weighted by Crippen LogP contribution is -2.43. The molecule has 1 atom stereocenters. The minimum atomic E-state index is 0.611. The number of hydrogen-bond donors (Lipinski definition) is 1. The van der Waals surface area contributed by atoms with Gasteiger partial charge in [0.1, 0.15) is 0 Å². The van der Waals surface area contributed by atoms with E-state index in [2.05, 4.69) is 42.8 Å². The lowest BCUT2D eigenvalue weighted by Gasteiger charge is -2.28. The van der Waals surface area contributed by atoms with E-state index in [0.717, 1.165) is 12.6 Å². The number of hydrogen-bond acceptors (Lipinski definition) is 3. The lowest BCUT2D eigenvalue weighted by atomic mass is 10.2. The third-order valence-corrected chi connectivity index (χ3v) is 3.86. The van der Waals surface area contributed by atoms with Gasteiger partial charge in [-0.05, 0) is 32.5 Å². The second-order valence-electron chi connectivity index (χ2n) is 5.42. The largest absolute Gasteiger partial charge is 0.313 e. The third kappa shape index (κ3) is 5.36. The molecule has 0 radical (unpaired) electrons. The summed E-state index contributed by atoms with van der Waals surface area (Å²) >= 11 is 0. The fourth-order valence-electron chi connectivity index (χ4n) is 2.60. The van der Waals surface area contributed by atoms with Gasteiger partial charge in [0.25, 0.3) is 0 Å². The molecule has 0 aromatic rings. The first-order chi connectivity index (χ1) is 8.17. The van der Waals surface area contributed by atoms with Crippen LogP contribution < -0.4 is 5.32 Å². The predicted molar refractivity (Wildman–Crippen MR) is 75.5 cm³/mol. The molecular formula is C14H31N3. The van der Waals surface area contributed by atoms with Crippen molar-refractivity contribution in [1.29, 1.82) is 0 Å². The molecule has 0 amide bonds. The molecule has 102 valence electrons. The summed E-state index contributed by atoms with van der Waals surface area (Å²) in [5.74, 6) is 0. The van der Waals surface area contributed by atoms with E-state index in [-0.39, 0.29) is 0 Å². The van der Waals surface area contributed by atoms with Crippen molar-refractivity contribution in [3.05, 3.63) is 0 Å². The van der Waals surface area contributed by atoms with Crippen molar-refractivity contribution >= 4 is 0 Å². The summed E-state index contributed by atoms with van der Waals surface area (Å²) in [5.41, 5.74) is 0. The monoisotopic (exact) mass is 241 g/mol. The molecule has 3 heteroatoms. The molecule has 0 spiro atoms. The van der Waals surface area contributed by atoms with E-state index in [0.29, 0.717) is 6.04 Å². The smallest absolute Gasteiger partial charge is 0.0221 e. The summed E-state index contributed by atoms with van der Waals surface area (Å²) in [6, 6.07) is 1.38. The Hall–Kier alpha value is -0.120. The van der Waals surface area contributed by atoms with Crippen LogP contribution in [0.5, 0.6) is 0 Å². The second-order valence-corrected chi connectivity index (χ2v) is 5.42. The molecule has 1 saturated heterocycles. The van der Waals surface area contributed by atoms with Crippen LogP contribution in [0.3, 0.4) is 0 Å². The van der Waals surface area contributed by atoms with Gasteiger partial charge in [-0.1, -0.05) is 27.7 Å². The molecule has 0 bridgehead atoms. The molecule has 0 aromatic heterocycles. The Labute approximate surface area is 108 Å². The zero-order chi connectivity index (χ0) is 12.7. The first-order valence-corrected chi connectivity index (χ1v) is 7.37. The molecule has 1 aliphatic rings. The lowest BCUT2D eigenvalue weighted by molar-refractivity contribution is 0.198. The van der Waals surface area contributed by atoms with Crippen LogP contribution in [0.2, 0.25) is 0 Å². The Bertz CT molecular complexity index is 190. The van der Waals surface area contributed by atoms with Gasteiger partial charge in [-0.15, -0.1) is 0 Å². The van der Waals surface area contributed by atoms with E-state index < -0.39 is 0 Å². The zero-order valence-electron chi connectivity index (χ0n) is 12.2. The van der Waals surface area contributed by atoms with Crippen LogP contribution >= 0.6 is 0 Å². The SMILES string of the molecule is CCN(CC)CCN1CCCC1CNC(C)C. The van der Waals surface area contributed by atoms with Gasteiger partial charge in [0.15, 0.2) is 0 Å². The van der Waals surface area contributed by atoms with Gasteiger partial charge in [-0.3, -0.25) is 4.90 Å². The van der Waals surface area contributed by atoms with Crippen LogP contribution in [-0.4, -0.2) is 61.2 Å². The highest BCUT2D eigenvalue weighted by atomic mass is 15.2. The zero-order valence-corrected chi connectivity index (χ0v) is 12.2. The molecule has 17 heavy (non-hydrogen) atoms. The molecule has 0 aliphatic carbocycles. The molecule has 1 N–H and O–H groups in total. The van der Waals surface area contributed by atoms with E-state index in [1.54, 1.807) is 0 Å². The Morgan fingerprint density at radius 3 is 2.59 bits per heavy atom. The number of rotatable bonds is 8. The van der Waals surface area contributed by atoms with Crippen molar-refractivity contribution in [3.8, 4) is 0 Å². The van der Waals surface area contributed by atoms with Gasteiger partial charge in [0.05, 0.1) is 0 Å². The van der Waals surface area contributed by atoms with Crippen LogP contribution in [0.1, 0.15) is 40.5 Å². The Kier molecular flexibility index (Phi) is 7.09. The molecule has 0 aromatic carbocycles. The number of nitrogens with one attached hydrogen (secondary N) is 1. The summed E-state index contributed by atoms with van der Waals surface area (Å²) in [7, 11) is 0. The highest BCUT2D eigenvalue weighted by Crippen LogP contribution is 2.16. The van der Waals surface area contributed by atoms with Crippen LogP contribution in [0.25, 0.3) is 0 Å². The van der Waals surface area contributed by atoms with Crippen molar-refractivity contribution in [1.82, 2.24) is 15.1 Å². The normalized spacial score (nSPS) is 21.9. The van der Waals surface area contributed by atoms with Gasteiger partial charge >= 0.3 is 0 Å². The fraction of sp³-hybridized carbons (Fsp3) is 1.00. The Morgan fingerprint density at radius 2 is 2.00 bits per heavy atom. The molecule has 1 heterocycles. The van der Waals surface area contributed by atoms with E-state index in [1.165, 1.54) is 45.6 Å². The van der Waals surface area contributed by atoms with Gasteiger partial charge < -0.3 is 10.2 Å². The summed E-state index contributed by atoms with van der Waals surface area (Å²) in [6.07, 6.45) is 2.75. The van der Waals surface area contributed by atoms with Crippen molar-refractivity contribution in [3.63, 3.8) is 0 Å². The van der Waals surface area contributed by atoms with Gasteiger partial charge in [0, 0.05) is 31.7 Å². The number of likely N-dealkylation sites (tertiary alicyclic amines) is 1. The quantitative estimate of drug-likeness (QED) is 0.699. The number of nitrogens with zero attached hydrogens (tertiary/aromatic N) is 2. The predicted octanol–water partition coefficient (Wildman–Crippen LogP) is 1.79. The minimum Gasteiger partial charge on any atom is -0.313 e. The van der Waals surface area contributed by atoms with Crippen molar-refractivity contribution in [2.45, 2.75) is 52.6 Å². The maximum atomic E-state index is 3.58. The van der Waals surface area contributed by atoms with Crippen molar-refractivity contribution in [2.24, 2.45) is 0 Å². The third-order valence-electron chi connectivity index (χ3n) is 3.86. The highest BCUT2D eigenvalue weighted by Gasteiger charge is 2.24. The summed E-state index contributed by atoms with van der Waals surface area (Å²) < 4.78 is 0. The van der Waals surface area contributed by atoms with Gasteiger partial charge in [-0.25, -0.2) is 0 Å². The molecular weight excluding hydrogens is 210 g/mol. The fourth-order valence-corrected chi connectivity index (χ4v) is 2.60. The van der Waals surface area contributed by atoms with Crippen LogP contribution in [0.4, 0.5) is 0 Å². The average molecular weight is 241 g/mol. The van der Waals surface area contributed by atoms with Crippen LogP contribution in [0, 0.1) is 0 Å². The van der Waals surface area contributed by atoms with E-state index in [4.69, 9.17) is 0 Å². The molecule has 1 rings (SSSR count). The second kappa shape index (κ2) is 8.06. The maximum absolute atomic E-state index is 3.58. The molecule has 3 nitrogen and oxygen atoms in total. The van der Waals surface area contributed by atoms with Crippen LogP contribution in [0.15, 0.2) is 0 Å². The summed E-state index contributed by atoms with van der Waals surface area (Å²) in [4.78, 5) is 5.19. The Balaban J connectivity index is 2.26.